The van der Waals surface area contributed by atoms with Crippen molar-refractivity contribution >= 4 is 31.5 Å². The average Bonchev–Trinajstić information content (AvgIpc) is 3.73. The molecule has 0 unspecified atom stereocenters. The summed E-state index contributed by atoms with van der Waals surface area (Å²) >= 11 is 1.81. The highest BCUT2D eigenvalue weighted by Crippen LogP contribution is 2.64. The van der Waals surface area contributed by atoms with Gasteiger partial charge >= 0.3 is 0 Å². The van der Waals surface area contributed by atoms with Crippen molar-refractivity contribution in [3.8, 4) is 56.8 Å². The van der Waals surface area contributed by atoms with E-state index in [1.54, 1.807) is 0 Å². The van der Waals surface area contributed by atoms with E-state index < -0.39 is 5.41 Å². The van der Waals surface area contributed by atoms with Gasteiger partial charge in [0.05, 0.1) is 5.41 Å². The average molecular weight is 670 g/mol. The summed E-state index contributed by atoms with van der Waals surface area (Å²) in [6.45, 7) is 0. The van der Waals surface area contributed by atoms with E-state index in [4.69, 9.17) is 19.7 Å². The van der Waals surface area contributed by atoms with Crippen LogP contribution in [0.1, 0.15) is 22.3 Å². The SMILES string of the molecule is c1ccc(-c2nc(-c3ccccc3)nc(-c3cccc4c3sc3ccc5c(c34)-c3ccccc3C53c4ccccc4Oc4ccccc43)n2)cc1. The summed E-state index contributed by atoms with van der Waals surface area (Å²) in [6, 6.07) is 57.5. The predicted octanol–water partition coefficient (Wildman–Crippen LogP) is 11.7. The maximum atomic E-state index is 6.57. The molecule has 0 fully saturated rings. The fourth-order valence-corrected chi connectivity index (χ4v) is 9.55. The first-order chi connectivity index (χ1) is 25.3. The van der Waals surface area contributed by atoms with E-state index in [2.05, 4.69) is 127 Å². The second kappa shape index (κ2) is 10.8. The fourth-order valence-electron chi connectivity index (χ4n) is 8.34. The van der Waals surface area contributed by atoms with Gasteiger partial charge in [-0.3, -0.25) is 0 Å². The van der Waals surface area contributed by atoms with E-state index in [0.29, 0.717) is 17.5 Å². The largest absolute Gasteiger partial charge is 0.457 e. The lowest BCUT2D eigenvalue weighted by Gasteiger charge is -2.39. The first-order valence-corrected chi connectivity index (χ1v) is 17.9. The Bertz CT molecular complexity index is 2740. The van der Waals surface area contributed by atoms with Crippen molar-refractivity contribution in [1.29, 1.82) is 0 Å². The summed E-state index contributed by atoms with van der Waals surface area (Å²) in [5.74, 6) is 3.78. The van der Waals surface area contributed by atoms with Crippen LogP contribution in [0, 0.1) is 0 Å². The zero-order valence-electron chi connectivity index (χ0n) is 27.2. The number of hydrogen-bond donors (Lipinski definition) is 0. The lowest BCUT2D eigenvalue weighted by Crippen LogP contribution is -2.32. The molecular weight excluding hydrogens is 643 g/mol. The van der Waals surface area contributed by atoms with Crippen molar-refractivity contribution in [2.24, 2.45) is 0 Å². The van der Waals surface area contributed by atoms with Gasteiger partial charge < -0.3 is 4.74 Å². The van der Waals surface area contributed by atoms with Gasteiger partial charge in [-0.25, -0.2) is 15.0 Å². The van der Waals surface area contributed by atoms with Gasteiger partial charge in [0.2, 0.25) is 0 Å². The molecule has 0 radical (unpaired) electrons. The molecule has 7 aromatic carbocycles. The van der Waals surface area contributed by atoms with Crippen molar-refractivity contribution in [2.75, 3.05) is 0 Å². The van der Waals surface area contributed by atoms with Crippen LogP contribution in [-0.2, 0) is 5.41 Å². The molecule has 0 bridgehead atoms. The fraction of sp³-hybridized carbons (Fsp3) is 0.0217. The third-order valence-electron chi connectivity index (χ3n) is 10.4. The molecule has 9 aromatic rings. The molecule has 11 rings (SSSR count). The third-order valence-corrected chi connectivity index (χ3v) is 11.6. The number of fused-ring (bicyclic) bond motifs is 13. The van der Waals surface area contributed by atoms with Crippen LogP contribution in [0.5, 0.6) is 11.5 Å². The Morgan fingerprint density at radius 1 is 0.431 bits per heavy atom. The summed E-state index contributed by atoms with van der Waals surface area (Å²) in [5, 5.41) is 2.47. The van der Waals surface area contributed by atoms with E-state index >= 15 is 0 Å². The topological polar surface area (TPSA) is 47.9 Å². The van der Waals surface area contributed by atoms with E-state index in [1.165, 1.54) is 48.9 Å². The number of para-hydroxylation sites is 2. The van der Waals surface area contributed by atoms with Crippen LogP contribution in [0.25, 0.3) is 65.5 Å². The van der Waals surface area contributed by atoms with Gasteiger partial charge in [0.1, 0.15) is 11.5 Å². The highest BCUT2D eigenvalue weighted by Gasteiger charge is 2.51. The molecule has 0 amide bonds. The summed E-state index contributed by atoms with van der Waals surface area (Å²) in [6.07, 6.45) is 0. The van der Waals surface area contributed by atoms with E-state index in [0.717, 1.165) is 32.9 Å². The standard InChI is InChI=1S/C46H27N3OS/c1-3-14-28(15-4-1)43-47-44(29-16-5-2-6-17-29)49-45(48-43)32-20-13-19-31-41-39(51-42(31)32)27-26-36-40(41)30-18-7-8-21-33(30)46(36)34-22-9-11-24-37(34)50-38-25-12-10-23-35(38)46/h1-27H. The van der Waals surface area contributed by atoms with Crippen LogP contribution in [0.2, 0.25) is 0 Å². The molecule has 5 heteroatoms. The Labute approximate surface area is 298 Å². The predicted molar refractivity (Wildman–Crippen MR) is 206 cm³/mol. The molecule has 51 heavy (non-hydrogen) atoms. The van der Waals surface area contributed by atoms with E-state index in [9.17, 15) is 0 Å². The quantitative estimate of drug-likeness (QED) is 0.188. The maximum Gasteiger partial charge on any atom is 0.165 e. The zero-order valence-corrected chi connectivity index (χ0v) is 28.1. The summed E-state index contributed by atoms with van der Waals surface area (Å²) in [5.41, 5.74) is 9.84. The van der Waals surface area contributed by atoms with Crippen LogP contribution >= 0.6 is 11.3 Å². The number of benzene rings is 7. The zero-order chi connectivity index (χ0) is 33.5. The van der Waals surface area contributed by atoms with E-state index in [1.807, 2.05) is 47.7 Å². The summed E-state index contributed by atoms with van der Waals surface area (Å²) < 4.78 is 8.96. The van der Waals surface area contributed by atoms with Gasteiger partial charge in [-0.15, -0.1) is 11.3 Å². The number of rotatable bonds is 3. The van der Waals surface area contributed by atoms with Gasteiger partial charge in [0.15, 0.2) is 17.5 Å². The molecule has 0 atom stereocenters. The van der Waals surface area contributed by atoms with Crippen LogP contribution in [0.3, 0.4) is 0 Å². The summed E-state index contributed by atoms with van der Waals surface area (Å²) in [7, 11) is 0. The molecule has 4 nitrogen and oxygen atoms in total. The highest BCUT2D eigenvalue weighted by atomic mass is 32.1. The molecule has 1 aliphatic carbocycles. The third kappa shape index (κ3) is 3.98. The molecule has 238 valence electrons. The first-order valence-electron chi connectivity index (χ1n) is 17.1. The van der Waals surface area contributed by atoms with Crippen molar-refractivity contribution in [3.05, 3.63) is 186 Å². The van der Waals surface area contributed by atoms with E-state index in [-0.39, 0.29) is 0 Å². The van der Waals surface area contributed by atoms with Crippen LogP contribution in [0.4, 0.5) is 0 Å². The number of nitrogens with zero attached hydrogens (tertiary/aromatic N) is 3. The minimum absolute atomic E-state index is 0.513. The van der Waals surface area contributed by atoms with Gasteiger partial charge in [0.25, 0.3) is 0 Å². The van der Waals surface area contributed by atoms with Crippen LogP contribution in [-0.4, -0.2) is 15.0 Å². The minimum atomic E-state index is -0.513. The molecule has 1 aliphatic heterocycles. The normalized spacial score (nSPS) is 13.4. The molecule has 0 N–H and O–H groups in total. The lowest BCUT2D eigenvalue weighted by atomic mass is 9.66. The number of thiophene rings is 1. The van der Waals surface area contributed by atoms with Gasteiger partial charge in [-0.1, -0.05) is 140 Å². The summed E-state index contributed by atoms with van der Waals surface area (Å²) in [4.78, 5) is 15.2. The Kier molecular flexibility index (Phi) is 6.01. The minimum Gasteiger partial charge on any atom is -0.457 e. The molecule has 2 aromatic heterocycles. The number of hydrogen-bond acceptors (Lipinski definition) is 5. The van der Waals surface area contributed by atoms with Crippen molar-refractivity contribution < 1.29 is 4.74 Å². The van der Waals surface area contributed by atoms with Crippen molar-refractivity contribution in [1.82, 2.24) is 15.0 Å². The molecule has 3 heterocycles. The van der Waals surface area contributed by atoms with Gasteiger partial charge in [-0.05, 0) is 46.5 Å². The van der Waals surface area contributed by atoms with Crippen LogP contribution in [0.15, 0.2) is 164 Å². The van der Waals surface area contributed by atoms with Gasteiger partial charge in [-0.2, -0.15) is 0 Å². The smallest absolute Gasteiger partial charge is 0.165 e. The lowest BCUT2D eigenvalue weighted by molar-refractivity contribution is 0.436. The Hall–Kier alpha value is -6.43. The molecule has 2 aliphatic rings. The Morgan fingerprint density at radius 3 is 1.65 bits per heavy atom. The highest BCUT2D eigenvalue weighted by molar-refractivity contribution is 7.26. The molecular formula is C46H27N3OS. The number of aromatic nitrogens is 3. The Balaban J connectivity index is 1.21. The first kappa shape index (κ1) is 28.4. The maximum absolute atomic E-state index is 6.57. The Morgan fingerprint density at radius 2 is 0.980 bits per heavy atom. The second-order valence-electron chi connectivity index (χ2n) is 13.1. The van der Waals surface area contributed by atoms with Crippen LogP contribution < -0.4 is 4.74 Å². The second-order valence-corrected chi connectivity index (χ2v) is 14.1. The molecule has 0 saturated carbocycles. The molecule has 0 saturated heterocycles. The van der Waals surface area contributed by atoms with Crippen molar-refractivity contribution in [3.63, 3.8) is 0 Å². The van der Waals surface area contributed by atoms with Gasteiger partial charge in [0, 0.05) is 48.0 Å². The number of ether oxygens (including phenoxy) is 1. The monoisotopic (exact) mass is 669 g/mol. The van der Waals surface area contributed by atoms with Crippen molar-refractivity contribution in [2.45, 2.75) is 5.41 Å². The molecule has 1 spiro atoms.